The Bertz CT molecular complexity index is 1070. The van der Waals surface area contributed by atoms with Gasteiger partial charge in [-0.3, -0.25) is 0 Å². The summed E-state index contributed by atoms with van der Waals surface area (Å²) in [5.74, 6) is 0.106. The molecule has 0 aliphatic rings. The lowest BCUT2D eigenvalue weighted by molar-refractivity contribution is -0.158. The summed E-state index contributed by atoms with van der Waals surface area (Å²) in [5.41, 5.74) is 0.103. The van der Waals surface area contributed by atoms with Crippen molar-refractivity contribution in [1.29, 1.82) is 0 Å². The molecule has 2 N–H and O–H groups in total. The molecule has 2 aromatic rings. The van der Waals surface area contributed by atoms with Crippen LogP contribution in [0.2, 0.25) is 15.1 Å². The summed E-state index contributed by atoms with van der Waals surface area (Å²) in [6.07, 6.45) is 13.1. The third-order valence-electron chi connectivity index (χ3n) is 6.82. The number of carbonyl (C=O) groups is 2. The van der Waals surface area contributed by atoms with Crippen LogP contribution in [-0.2, 0) is 9.53 Å². The minimum absolute atomic E-state index is 0.249. The molecule has 1 unspecified atom stereocenters. The molecule has 2 rings (SSSR count). The van der Waals surface area contributed by atoms with Crippen molar-refractivity contribution >= 4 is 52.5 Å². The van der Waals surface area contributed by atoms with Crippen LogP contribution in [0.25, 0.3) is 0 Å². The largest absolute Gasteiger partial charge is 0.476 e. The molecule has 1 atom stereocenters. The molecule has 0 aliphatic heterocycles. The van der Waals surface area contributed by atoms with Crippen molar-refractivity contribution in [3.63, 3.8) is 0 Å². The van der Waals surface area contributed by atoms with Crippen molar-refractivity contribution in [3.8, 4) is 5.75 Å². The summed E-state index contributed by atoms with van der Waals surface area (Å²) in [6, 6.07) is 9.80. The number of esters is 1. The molecule has 0 spiro atoms. The van der Waals surface area contributed by atoms with E-state index in [1.54, 1.807) is 32.9 Å². The highest BCUT2D eigenvalue weighted by atomic mass is 35.5. The number of carbonyl (C=O) groups excluding carboxylic acids is 2. The number of hydrogen-bond acceptors (Lipinski definition) is 4. The lowest BCUT2D eigenvalue weighted by Crippen LogP contribution is -2.39. The van der Waals surface area contributed by atoms with Crippen molar-refractivity contribution in [2.24, 2.45) is 0 Å². The van der Waals surface area contributed by atoms with Crippen molar-refractivity contribution in [2.45, 2.75) is 110 Å². The van der Waals surface area contributed by atoms with E-state index < -0.39 is 17.6 Å². The van der Waals surface area contributed by atoms with E-state index in [9.17, 15) is 9.59 Å². The third kappa shape index (κ3) is 12.7. The van der Waals surface area contributed by atoms with E-state index in [-0.39, 0.29) is 22.7 Å². The van der Waals surface area contributed by atoms with E-state index in [0.717, 1.165) is 24.8 Å². The third-order valence-corrected chi connectivity index (χ3v) is 7.63. The van der Waals surface area contributed by atoms with Crippen LogP contribution in [0.3, 0.4) is 0 Å². The maximum Gasteiger partial charge on any atom is 0.349 e. The second kappa shape index (κ2) is 18.4. The number of amides is 2. The highest BCUT2D eigenvalue weighted by molar-refractivity contribution is 6.42. The van der Waals surface area contributed by atoms with E-state index in [1.807, 2.05) is 12.1 Å². The summed E-state index contributed by atoms with van der Waals surface area (Å²) >= 11 is 18.5. The van der Waals surface area contributed by atoms with Crippen LogP contribution in [0.15, 0.2) is 36.4 Å². The number of hydrogen-bond donors (Lipinski definition) is 2. The molecular formula is C32H45Cl3N2O4. The zero-order chi connectivity index (χ0) is 30.3. The fourth-order valence-electron chi connectivity index (χ4n) is 4.54. The predicted molar refractivity (Wildman–Crippen MR) is 171 cm³/mol. The van der Waals surface area contributed by atoms with Gasteiger partial charge in [-0.05, 0) is 57.0 Å². The van der Waals surface area contributed by atoms with Gasteiger partial charge in [0, 0.05) is 5.02 Å². The van der Waals surface area contributed by atoms with E-state index in [0.29, 0.717) is 16.5 Å². The first kappa shape index (κ1) is 35.0. The van der Waals surface area contributed by atoms with Crippen molar-refractivity contribution in [2.75, 3.05) is 11.9 Å². The number of rotatable bonds is 18. The molecular weight excluding hydrogens is 583 g/mol. The maximum absolute atomic E-state index is 13.0. The Labute approximate surface area is 260 Å². The van der Waals surface area contributed by atoms with Gasteiger partial charge in [0.2, 0.25) is 0 Å². The van der Waals surface area contributed by atoms with Crippen LogP contribution in [0.1, 0.15) is 110 Å². The van der Waals surface area contributed by atoms with Gasteiger partial charge in [0.25, 0.3) is 0 Å². The van der Waals surface area contributed by atoms with E-state index >= 15 is 0 Å². The fourth-order valence-corrected chi connectivity index (χ4v) is 5.45. The number of ether oxygens (including phenoxy) is 2. The molecule has 0 fully saturated rings. The van der Waals surface area contributed by atoms with Gasteiger partial charge in [0.15, 0.2) is 5.60 Å². The van der Waals surface area contributed by atoms with Gasteiger partial charge in [-0.15, -0.1) is 0 Å². The number of nitrogens with one attached hydrogen (secondary N) is 2. The van der Waals surface area contributed by atoms with E-state index in [1.165, 1.54) is 63.5 Å². The molecule has 41 heavy (non-hydrogen) atoms. The summed E-state index contributed by atoms with van der Waals surface area (Å²) in [4.78, 5) is 25.2. The molecule has 0 aromatic heterocycles. The summed E-state index contributed by atoms with van der Waals surface area (Å²) in [5, 5.41) is 6.74. The Morgan fingerprint density at radius 2 is 1.37 bits per heavy atom. The van der Waals surface area contributed by atoms with Crippen LogP contribution >= 0.6 is 34.8 Å². The number of anilines is 1. The predicted octanol–water partition coefficient (Wildman–Crippen LogP) is 10.5. The van der Waals surface area contributed by atoms with Crippen LogP contribution in [0.5, 0.6) is 5.75 Å². The topological polar surface area (TPSA) is 76.7 Å². The van der Waals surface area contributed by atoms with Gasteiger partial charge in [-0.1, -0.05) is 118 Å². The van der Waals surface area contributed by atoms with Crippen LogP contribution in [0.4, 0.5) is 10.5 Å². The van der Waals surface area contributed by atoms with Gasteiger partial charge in [-0.25, -0.2) is 9.59 Å². The van der Waals surface area contributed by atoms with Crippen molar-refractivity contribution in [1.82, 2.24) is 5.32 Å². The maximum atomic E-state index is 13.0. The molecule has 9 heteroatoms. The number of benzene rings is 2. The first-order valence-electron chi connectivity index (χ1n) is 14.8. The van der Waals surface area contributed by atoms with E-state index in [2.05, 4.69) is 17.6 Å². The minimum atomic E-state index is -1.12. The standard InChI is InChI=1S/C32H45Cl3N2O4/c1-5-7-8-9-10-11-12-13-14-15-16-28(36-31(39)37-29-26(34)21-24(33)22-27(29)35)23-17-19-25(20-18-23)41-32(3,4)30(38)40-6-2/h17-22,28H,5-16H2,1-4H3,(H2,36,37,39). The molecule has 0 saturated heterocycles. The quantitative estimate of drug-likeness (QED) is 0.127. The van der Waals surface area contributed by atoms with Crippen LogP contribution in [0, 0.1) is 0 Å². The molecule has 0 aliphatic carbocycles. The van der Waals surface area contributed by atoms with Crippen LogP contribution < -0.4 is 15.4 Å². The lowest BCUT2D eigenvalue weighted by Gasteiger charge is -2.25. The average molecular weight is 628 g/mol. The molecule has 228 valence electrons. The Kier molecular flexibility index (Phi) is 15.7. The molecule has 0 saturated carbocycles. The van der Waals surface area contributed by atoms with E-state index in [4.69, 9.17) is 44.3 Å². The first-order valence-corrected chi connectivity index (χ1v) is 15.9. The van der Waals surface area contributed by atoms with Crippen molar-refractivity contribution in [3.05, 3.63) is 57.0 Å². The van der Waals surface area contributed by atoms with Crippen molar-refractivity contribution < 1.29 is 19.1 Å². The normalized spacial score (nSPS) is 12.1. The lowest BCUT2D eigenvalue weighted by atomic mass is 9.99. The van der Waals surface area contributed by atoms with Gasteiger partial charge in [0.1, 0.15) is 5.75 Å². The number of urea groups is 1. The van der Waals surface area contributed by atoms with Gasteiger partial charge >= 0.3 is 12.0 Å². The van der Waals surface area contributed by atoms with Gasteiger partial charge in [-0.2, -0.15) is 0 Å². The summed E-state index contributed by atoms with van der Waals surface area (Å²) in [6.45, 7) is 7.63. The Morgan fingerprint density at radius 3 is 1.90 bits per heavy atom. The average Bonchev–Trinajstić information content (AvgIpc) is 2.91. The number of halogens is 3. The second-order valence-corrected chi connectivity index (χ2v) is 12.0. The number of unbranched alkanes of at least 4 members (excludes halogenated alkanes) is 9. The monoisotopic (exact) mass is 626 g/mol. The van der Waals surface area contributed by atoms with Crippen LogP contribution in [-0.4, -0.2) is 24.2 Å². The second-order valence-electron chi connectivity index (χ2n) is 10.8. The molecule has 2 amide bonds. The molecule has 0 radical (unpaired) electrons. The Balaban J connectivity index is 2.03. The smallest absolute Gasteiger partial charge is 0.349 e. The highest BCUT2D eigenvalue weighted by Gasteiger charge is 2.31. The fraction of sp³-hybridized carbons (Fsp3) is 0.562. The molecule has 0 heterocycles. The SMILES string of the molecule is CCCCCCCCCCCCC(NC(=O)Nc1c(Cl)cc(Cl)cc1Cl)c1ccc(OC(C)(C)C(=O)OCC)cc1. The molecule has 2 aromatic carbocycles. The van der Waals surface area contributed by atoms with Gasteiger partial charge in [0.05, 0.1) is 28.4 Å². The zero-order valence-corrected chi connectivity index (χ0v) is 27.1. The minimum Gasteiger partial charge on any atom is -0.476 e. The Morgan fingerprint density at radius 1 is 0.829 bits per heavy atom. The molecule has 0 bridgehead atoms. The Hall–Kier alpha value is -2.15. The highest BCUT2D eigenvalue weighted by Crippen LogP contribution is 2.34. The van der Waals surface area contributed by atoms with Gasteiger partial charge < -0.3 is 20.1 Å². The zero-order valence-electron chi connectivity index (χ0n) is 24.8. The summed E-state index contributed by atoms with van der Waals surface area (Å²) in [7, 11) is 0. The first-order chi connectivity index (χ1) is 19.6. The molecule has 6 nitrogen and oxygen atoms in total. The summed E-state index contributed by atoms with van der Waals surface area (Å²) < 4.78 is 11.0.